The van der Waals surface area contributed by atoms with E-state index in [1.165, 1.54) is 6.42 Å². The number of aromatic nitrogens is 3. The second-order valence-electron chi connectivity index (χ2n) is 8.26. The fraction of sp³-hybridized carbons (Fsp3) is 0.429. The molecule has 32 heavy (non-hydrogen) atoms. The highest BCUT2D eigenvalue weighted by Gasteiger charge is 2.42. The van der Waals surface area contributed by atoms with Crippen LogP contribution in [0.2, 0.25) is 0 Å². The normalized spacial score (nSPS) is 20.1. The van der Waals surface area contributed by atoms with Gasteiger partial charge in [0.1, 0.15) is 11.9 Å². The van der Waals surface area contributed by atoms with E-state index in [1.54, 1.807) is 24.4 Å². The third-order valence-electron chi connectivity index (χ3n) is 6.00. The summed E-state index contributed by atoms with van der Waals surface area (Å²) in [6.45, 7) is -1.29. The Morgan fingerprint density at radius 3 is 2.75 bits per heavy atom. The summed E-state index contributed by atoms with van der Waals surface area (Å²) in [7, 11) is 0. The van der Waals surface area contributed by atoms with Gasteiger partial charge in [-0.1, -0.05) is 19.3 Å². The number of alkyl halides is 3. The average molecular weight is 466 g/mol. The number of halogens is 3. The summed E-state index contributed by atoms with van der Waals surface area (Å²) < 4.78 is 53.6. The van der Waals surface area contributed by atoms with Gasteiger partial charge in [0, 0.05) is 17.4 Å². The number of nitrogens with one attached hydrogen (secondary N) is 2. The largest absolute Gasteiger partial charge is 0.593 e. The van der Waals surface area contributed by atoms with Crippen molar-refractivity contribution in [2.24, 2.45) is 0 Å². The van der Waals surface area contributed by atoms with Crippen molar-refractivity contribution in [2.75, 3.05) is 11.9 Å². The van der Waals surface area contributed by atoms with Gasteiger partial charge in [-0.2, -0.15) is 18.3 Å². The summed E-state index contributed by atoms with van der Waals surface area (Å²) >= 11 is -1.85. The molecule has 11 heteroatoms. The van der Waals surface area contributed by atoms with Crippen LogP contribution in [0.25, 0.3) is 10.9 Å². The smallest absolute Gasteiger partial charge is 0.405 e. The molecule has 1 aromatic carbocycles. The molecule has 1 unspecified atom stereocenters. The molecule has 1 aliphatic heterocycles. The van der Waals surface area contributed by atoms with Crippen LogP contribution in [-0.2, 0) is 17.9 Å². The van der Waals surface area contributed by atoms with E-state index in [4.69, 9.17) is 5.10 Å². The molecule has 1 atom stereocenters. The van der Waals surface area contributed by atoms with Crippen LogP contribution in [-0.4, -0.2) is 36.3 Å². The highest BCUT2D eigenvalue weighted by atomic mass is 32.2. The van der Waals surface area contributed by atoms with Gasteiger partial charge in [0.05, 0.1) is 29.5 Å². The van der Waals surface area contributed by atoms with Crippen LogP contribution in [0.4, 0.5) is 24.7 Å². The van der Waals surface area contributed by atoms with Gasteiger partial charge in [-0.15, -0.1) is 4.31 Å². The lowest BCUT2D eigenvalue weighted by atomic mass is 9.95. The second-order valence-corrected chi connectivity index (χ2v) is 9.72. The zero-order valence-electron chi connectivity index (χ0n) is 17.1. The van der Waals surface area contributed by atoms with Gasteiger partial charge in [0.25, 0.3) is 5.56 Å². The van der Waals surface area contributed by atoms with Crippen molar-refractivity contribution in [3.63, 3.8) is 0 Å². The maximum atomic E-state index is 12.8. The molecule has 3 aromatic rings. The Morgan fingerprint density at radius 1 is 1.22 bits per heavy atom. The van der Waals surface area contributed by atoms with Crippen molar-refractivity contribution in [3.8, 4) is 0 Å². The van der Waals surface area contributed by atoms with Crippen molar-refractivity contribution in [2.45, 2.75) is 55.8 Å². The number of aromatic amines is 1. The Morgan fingerprint density at radius 2 is 2.00 bits per heavy atom. The molecule has 0 radical (unpaired) electrons. The van der Waals surface area contributed by atoms with E-state index in [1.807, 2.05) is 10.7 Å². The number of H-pyrrole nitrogens is 1. The SMILES string of the molecule is O=c1[nH]ccc2c1c(Nc1ccc3c(c1)CN(CC(F)(F)F)[S+]3[O-])nn2C1CCCCC1. The summed E-state index contributed by atoms with van der Waals surface area (Å²) in [4.78, 5) is 15.6. The monoisotopic (exact) mass is 465 g/mol. The number of fused-ring (bicyclic) bond motifs is 2. The molecule has 0 bridgehead atoms. The number of rotatable bonds is 4. The standard InChI is InChI=1S/C21H22F3N5O2S/c22-21(23,24)12-28-11-13-10-14(6-7-17(13)32(28)31)26-19-18-16(8-9-25-20(18)30)29(27-19)15-4-2-1-3-5-15/h6-10,15H,1-5,11-12H2,(H,25,30)(H,26,27). The highest BCUT2D eigenvalue weighted by Crippen LogP contribution is 2.36. The van der Waals surface area contributed by atoms with Crippen LogP contribution in [0, 0.1) is 0 Å². The topological polar surface area (TPSA) is 89.0 Å². The van der Waals surface area contributed by atoms with Gasteiger partial charge < -0.3 is 14.9 Å². The van der Waals surface area contributed by atoms with Gasteiger partial charge in [-0.05, 0) is 37.1 Å². The molecule has 0 saturated heterocycles. The van der Waals surface area contributed by atoms with E-state index < -0.39 is 24.1 Å². The van der Waals surface area contributed by atoms with Crippen LogP contribution >= 0.6 is 0 Å². The Bertz CT molecular complexity index is 1200. The number of hydrogen-bond acceptors (Lipinski definition) is 5. The Labute approximate surface area is 184 Å². The third kappa shape index (κ3) is 4.00. The fourth-order valence-corrected chi connectivity index (χ4v) is 5.91. The highest BCUT2D eigenvalue weighted by molar-refractivity contribution is 7.89. The van der Waals surface area contributed by atoms with Crippen LogP contribution in [0.15, 0.2) is 40.2 Å². The van der Waals surface area contributed by atoms with Gasteiger partial charge in [-0.25, -0.2) is 0 Å². The van der Waals surface area contributed by atoms with E-state index >= 15 is 0 Å². The first-order chi connectivity index (χ1) is 15.3. The lowest BCUT2D eigenvalue weighted by Gasteiger charge is -2.22. The summed E-state index contributed by atoms with van der Waals surface area (Å²) in [6, 6.07) is 6.95. The summed E-state index contributed by atoms with van der Waals surface area (Å²) in [5.74, 6) is 0.402. The van der Waals surface area contributed by atoms with Gasteiger partial charge in [0.2, 0.25) is 0 Å². The first-order valence-electron chi connectivity index (χ1n) is 10.5. The van der Waals surface area contributed by atoms with Gasteiger partial charge >= 0.3 is 6.18 Å². The third-order valence-corrected chi connectivity index (χ3v) is 7.50. The summed E-state index contributed by atoms with van der Waals surface area (Å²) in [5.41, 5.74) is 1.63. The summed E-state index contributed by atoms with van der Waals surface area (Å²) in [6.07, 6.45) is 2.62. The number of hydrogen-bond donors (Lipinski definition) is 2. The molecule has 2 aromatic heterocycles. The van der Waals surface area contributed by atoms with Crippen molar-refractivity contribution in [3.05, 3.63) is 46.4 Å². The quantitative estimate of drug-likeness (QED) is 0.559. The molecule has 2 aliphatic rings. The van der Waals surface area contributed by atoms with Crippen molar-refractivity contribution < 1.29 is 17.7 Å². The van der Waals surface area contributed by atoms with Crippen molar-refractivity contribution in [1.29, 1.82) is 0 Å². The minimum absolute atomic E-state index is 0.0607. The Balaban J connectivity index is 1.46. The van der Waals surface area contributed by atoms with E-state index in [0.717, 1.165) is 35.5 Å². The maximum Gasteiger partial charge on any atom is 0.405 e. The lowest BCUT2D eigenvalue weighted by Crippen LogP contribution is -2.34. The zero-order chi connectivity index (χ0) is 22.5. The number of anilines is 2. The van der Waals surface area contributed by atoms with Crippen molar-refractivity contribution >= 4 is 33.8 Å². The molecular weight excluding hydrogens is 443 g/mol. The Hall–Kier alpha value is -2.50. The van der Waals surface area contributed by atoms with E-state index in [0.29, 0.717) is 27.4 Å². The lowest BCUT2D eigenvalue weighted by molar-refractivity contribution is -0.136. The van der Waals surface area contributed by atoms with Gasteiger partial charge in [-0.3, -0.25) is 9.48 Å². The molecule has 1 saturated carbocycles. The van der Waals surface area contributed by atoms with Crippen LogP contribution in [0.1, 0.15) is 43.7 Å². The van der Waals surface area contributed by atoms with E-state index in [9.17, 15) is 22.5 Å². The van der Waals surface area contributed by atoms with E-state index in [2.05, 4.69) is 10.3 Å². The minimum atomic E-state index is -4.43. The maximum absolute atomic E-state index is 12.8. The number of benzene rings is 1. The first kappa shape index (κ1) is 21.4. The van der Waals surface area contributed by atoms with Crippen LogP contribution in [0.5, 0.6) is 0 Å². The van der Waals surface area contributed by atoms with Gasteiger partial charge in [0.15, 0.2) is 10.7 Å². The predicted octanol–water partition coefficient (Wildman–Crippen LogP) is 4.37. The fourth-order valence-electron chi connectivity index (χ4n) is 4.58. The van der Waals surface area contributed by atoms with E-state index in [-0.39, 0.29) is 18.1 Å². The molecule has 7 nitrogen and oxygen atoms in total. The molecule has 0 amide bonds. The molecular formula is C21H22F3N5O2S. The minimum Gasteiger partial charge on any atom is -0.593 e. The molecule has 5 rings (SSSR count). The second kappa shape index (κ2) is 8.13. The summed E-state index contributed by atoms with van der Waals surface area (Å²) in [5, 5.41) is 8.32. The number of nitrogens with zero attached hydrogens (tertiary/aromatic N) is 3. The Kier molecular flexibility index (Phi) is 5.42. The molecule has 2 N–H and O–H groups in total. The van der Waals surface area contributed by atoms with Crippen LogP contribution < -0.4 is 10.9 Å². The molecule has 1 fully saturated rings. The van der Waals surface area contributed by atoms with Crippen LogP contribution in [0.3, 0.4) is 0 Å². The average Bonchev–Trinajstić information content (AvgIpc) is 3.26. The first-order valence-corrected chi connectivity index (χ1v) is 11.6. The molecule has 170 valence electrons. The zero-order valence-corrected chi connectivity index (χ0v) is 17.9. The predicted molar refractivity (Wildman–Crippen MR) is 115 cm³/mol. The molecule has 1 aliphatic carbocycles. The molecule has 0 spiro atoms. The molecule has 3 heterocycles. The van der Waals surface area contributed by atoms with Crippen molar-refractivity contribution in [1.82, 2.24) is 19.1 Å². The number of pyridine rings is 1.